The summed E-state index contributed by atoms with van der Waals surface area (Å²) in [7, 11) is 0. The highest BCUT2D eigenvalue weighted by Gasteiger charge is 2.33. The molecule has 1 heterocycles. The van der Waals surface area contributed by atoms with Crippen LogP contribution < -0.4 is 0 Å². The van der Waals surface area contributed by atoms with Gasteiger partial charge >= 0.3 is 12.1 Å². The van der Waals surface area contributed by atoms with Crippen LogP contribution in [0.25, 0.3) is 16.9 Å². The molecule has 1 aromatic heterocycles. The van der Waals surface area contributed by atoms with Crippen LogP contribution in [-0.4, -0.2) is 20.6 Å². The van der Waals surface area contributed by atoms with Crippen molar-refractivity contribution in [1.82, 2.24) is 9.55 Å². The molecule has 1 N–H and O–H groups in total. The molecular weight excluding hydrogens is 321 g/mol. The fourth-order valence-corrected chi connectivity index (χ4v) is 2.36. The van der Waals surface area contributed by atoms with Gasteiger partial charge in [0.25, 0.3) is 0 Å². The van der Waals surface area contributed by atoms with E-state index in [1.807, 2.05) is 0 Å². The monoisotopic (exact) mass is 332 g/mol. The van der Waals surface area contributed by atoms with Crippen molar-refractivity contribution in [3.8, 4) is 16.9 Å². The first-order chi connectivity index (χ1) is 11.4. The minimum absolute atomic E-state index is 0.0295. The lowest BCUT2D eigenvalue weighted by atomic mass is 10.0. The van der Waals surface area contributed by atoms with Gasteiger partial charge in [-0.2, -0.15) is 13.2 Å². The Balaban J connectivity index is 2.04. The molecule has 122 valence electrons. The predicted molar refractivity (Wildman–Crippen MR) is 81.0 cm³/mol. The molecule has 0 spiro atoms. The second-order valence-corrected chi connectivity index (χ2v) is 5.07. The number of carboxylic acids is 1. The van der Waals surface area contributed by atoms with Crippen LogP contribution in [0, 0.1) is 0 Å². The summed E-state index contributed by atoms with van der Waals surface area (Å²) in [6, 6.07) is 11.2. The number of benzene rings is 2. The van der Waals surface area contributed by atoms with Crippen molar-refractivity contribution < 1.29 is 23.1 Å². The molecule has 0 aliphatic rings. The van der Waals surface area contributed by atoms with Gasteiger partial charge in [0, 0.05) is 17.4 Å². The van der Waals surface area contributed by atoms with Gasteiger partial charge in [-0.25, -0.2) is 9.78 Å². The lowest BCUT2D eigenvalue weighted by molar-refractivity contribution is -0.137. The molecule has 7 heteroatoms. The number of aromatic carboxylic acids is 1. The van der Waals surface area contributed by atoms with Crippen LogP contribution in [0.1, 0.15) is 15.9 Å². The Bertz CT molecular complexity index is 901. The zero-order valence-electron chi connectivity index (χ0n) is 12.2. The van der Waals surface area contributed by atoms with Crippen LogP contribution in [0.3, 0.4) is 0 Å². The third-order valence-electron chi connectivity index (χ3n) is 3.48. The van der Waals surface area contributed by atoms with Crippen LogP contribution in [0.2, 0.25) is 0 Å². The number of alkyl halides is 3. The summed E-state index contributed by atoms with van der Waals surface area (Å²) < 4.78 is 40.8. The van der Waals surface area contributed by atoms with Crippen LogP contribution in [-0.2, 0) is 6.18 Å². The van der Waals surface area contributed by atoms with Crippen molar-refractivity contribution in [3.05, 3.63) is 72.2 Å². The summed E-state index contributed by atoms with van der Waals surface area (Å²) in [5.41, 5.74) is -0.0621. The zero-order chi connectivity index (χ0) is 17.3. The predicted octanol–water partition coefficient (Wildman–Crippen LogP) is 4.26. The SMILES string of the molecule is O=C(O)c1cccc(-n2cnc(-c3ccccc3C(F)(F)F)c2)c1. The number of hydrogen-bond acceptors (Lipinski definition) is 2. The fraction of sp³-hybridized carbons (Fsp3) is 0.0588. The number of aromatic nitrogens is 2. The molecule has 0 amide bonds. The van der Waals surface area contributed by atoms with Gasteiger partial charge in [-0.15, -0.1) is 0 Å². The van der Waals surface area contributed by atoms with Gasteiger partial charge in [0.05, 0.1) is 23.1 Å². The molecule has 0 saturated carbocycles. The average Bonchev–Trinajstić information content (AvgIpc) is 3.04. The van der Waals surface area contributed by atoms with Gasteiger partial charge in [-0.3, -0.25) is 0 Å². The molecule has 0 aliphatic carbocycles. The Hall–Kier alpha value is -3.09. The minimum Gasteiger partial charge on any atom is -0.478 e. The second-order valence-electron chi connectivity index (χ2n) is 5.07. The Labute approximate surface area is 134 Å². The van der Waals surface area contributed by atoms with Crippen molar-refractivity contribution in [2.45, 2.75) is 6.18 Å². The van der Waals surface area contributed by atoms with Gasteiger partial charge in [0.15, 0.2) is 0 Å². The van der Waals surface area contributed by atoms with Crippen molar-refractivity contribution in [2.75, 3.05) is 0 Å². The average molecular weight is 332 g/mol. The quantitative estimate of drug-likeness (QED) is 0.780. The molecule has 0 fully saturated rings. The molecule has 0 saturated heterocycles. The van der Waals surface area contributed by atoms with Crippen molar-refractivity contribution in [3.63, 3.8) is 0 Å². The Kier molecular flexibility index (Phi) is 3.84. The van der Waals surface area contributed by atoms with E-state index in [4.69, 9.17) is 5.11 Å². The van der Waals surface area contributed by atoms with E-state index in [0.717, 1.165) is 6.07 Å². The van der Waals surface area contributed by atoms with Crippen molar-refractivity contribution >= 4 is 5.97 Å². The highest BCUT2D eigenvalue weighted by atomic mass is 19.4. The molecule has 2 aromatic carbocycles. The van der Waals surface area contributed by atoms with Gasteiger partial charge < -0.3 is 9.67 Å². The lowest BCUT2D eigenvalue weighted by Crippen LogP contribution is -2.06. The van der Waals surface area contributed by atoms with E-state index < -0.39 is 17.7 Å². The maximum Gasteiger partial charge on any atom is 0.417 e. The Morgan fingerprint density at radius 2 is 1.83 bits per heavy atom. The molecule has 3 rings (SSSR count). The summed E-state index contributed by atoms with van der Waals surface area (Å²) in [5.74, 6) is -1.08. The number of carboxylic acid groups (broad SMARTS) is 1. The van der Waals surface area contributed by atoms with E-state index in [1.165, 1.54) is 47.4 Å². The maximum absolute atomic E-state index is 13.1. The van der Waals surface area contributed by atoms with E-state index in [-0.39, 0.29) is 16.8 Å². The molecule has 0 aliphatic heterocycles. The summed E-state index contributed by atoms with van der Waals surface area (Å²) in [4.78, 5) is 15.0. The van der Waals surface area contributed by atoms with Crippen molar-refractivity contribution in [2.24, 2.45) is 0 Å². The number of hydrogen-bond donors (Lipinski definition) is 1. The van der Waals surface area contributed by atoms with Crippen molar-refractivity contribution in [1.29, 1.82) is 0 Å². The van der Waals surface area contributed by atoms with E-state index in [1.54, 1.807) is 12.1 Å². The van der Waals surface area contributed by atoms with Gasteiger partial charge in [0.1, 0.15) is 0 Å². The van der Waals surface area contributed by atoms with E-state index in [2.05, 4.69) is 4.98 Å². The van der Waals surface area contributed by atoms with Gasteiger partial charge in [-0.05, 0) is 24.3 Å². The maximum atomic E-state index is 13.1. The van der Waals surface area contributed by atoms with Crippen LogP contribution >= 0.6 is 0 Å². The zero-order valence-corrected chi connectivity index (χ0v) is 12.2. The van der Waals surface area contributed by atoms with Crippen LogP contribution in [0.5, 0.6) is 0 Å². The smallest absolute Gasteiger partial charge is 0.417 e. The number of nitrogens with zero attached hydrogens (tertiary/aromatic N) is 2. The fourth-order valence-electron chi connectivity index (χ4n) is 2.36. The molecule has 24 heavy (non-hydrogen) atoms. The van der Waals surface area contributed by atoms with Crippen LogP contribution in [0.15, 0.2) is 61.1 Å². The first-order valence-electron chi connectivity index (χ1n) is 6.90. The van der Waals surface area contributed by atoms with Gasteiger partial charge in [0.2, 0.25) is 0 Å². The van der Waals surface area contributed by atoms with E-state index in [0.29, 0.717) is 5.69 Å². The largest absolute Gasteiger partial charge is 0.478 e. The number of imidazole rings is 1. The normalized spacial score (nSPS) is 11.5. The van der Waals surface area contributed by atoms with E-state index in [9.17, 15) is 18.0 Å². The third-order valence-corrected chi connectivity index (χ3v) is 3.48. The van der Waals surface area contributed by atoms with Crippen LogP contribution in [0.4, 0.5) is 13.2 Å². The third kappa shape index (κ3) is 3.01. The lowest BCUT2D eigenvalue weighted by Gasteiger charge is -2.10. The number of carbonyl (C=O) groups is 1. The summed E-state index contributed by atoms with van der Waals surface area (Å²) in [5, 5.41) is 9.02. The summed E-state index contributed by atoms with van der Waals surface area (Å²) in [6.45, 7) is 0. The first kappa shape index (κ1) is 15.8. The van der Waals surface area contributed by atoms with E-state index >= 15 is 0 Å². The standard InChI is InChI=1S/C17H11F3N2O2/c18-17(19,20)14-7-2-1-6-13(14)15-9-22(10-21-15)12-5-3-4-11(8-12)16(23)24/h1-10H,(H,23,24). The topological polar surface area (TPSA) is 55.1 Å². The second kappa shape index (κ2) is 5.84. The number of rotatable bonds is 3. The molecule has 0 unspecified atom stereocenters. The highest BCUT2D eigenvalue weighted by Crippen LogP contribution is 2.36. The number of halogens is 3. The minimum atomic E-state index is -4.48. The Morgan fingerprint density at radius 1 is 1.08 bits per heavy atom. The summed E-state index contributed by atoms with van der Waals surface area (Å²) >= 11 is 0. The van der Waals surface area contributed by atoms with Gasteiger partial charge in [-0.1, -0.05) is 24.3 Å². The molecule has 0 bridgehead atoms. The first-order valence-corrected chi connectivity index (χ1v) is 6.90. The highest BCUT2D eigenvalue weighted by molar-refractivity contribution is 5.88. The molecule has 3 aromatic rings. The Morgan fingerprint density at radius 3 is 2.54 bits per heavy atom. The summed E-state index contributed by atoms with van der Waals surface area (Å²) in [6.07, 6.45) is -1.70. The molecule has 0 radical (unpaired) electrons. The molecular formula is C17H11F3N2O2. The molecule has 4 nitrogen and oxygen atoms in total. The molecule has 0 atom stereocenters.